The molecule has 0 heterocycles. The van der Waals surface area contributed by atoms with E-state index < -0.39 is 0 Å². The number of carbonyl (C=O) groups excluding carboxylic acids is 1. The molecule has 4 heteroatoms. The topological polar surface area (TPSA) is 47.6 Å². The zero-order valence-electron chi connectivity index (χ0n) is 15.0. The van der Waals surface area contributed by atoms with Crippen LogP contribution in [0.15, 0.2) is 36.4 Å². The Morgan fingerprint density at radius 1 is 1.00 bits per heavy atom. The van der Waals surface area contributed by atoms with E-state index in [1.54, 1.807) is 7.11 Å². The van der Waals surface area contributed by atoms with Crippen LogP contribution in [-0.2, 0) is 0 Å². The van der Waals surface area contributed by atoms with Crippen molar-refractivity contribution in [1.29, 1.82) is 0 Å². The second-order valence-electron chi connectivity index (χ2n) is 6.11. The van der Waals surface area contributed by atoms with E-state index >= 15 is 0 Å². The average molecular weight is 327 g/mol. The molecule has 4 nitrogen and oxygen atoms in total. The number of hydrogen-bond donors (Lipinski definition) is 1. The fourth-order valence-electron chi connectivity index (χ4n) is 2.44. The van der Waals surface area contributed by atoms with E-state index in [2.05, 4.69) is 12.2 Å². The van der Waals surface area contributed by atoms with Gasteiger partial charge in [-0.2, -0.15) is 0 Å². The van der Waals surface area contributed by atoms with Crippen LogP contribution < -0.4 is 14.8 Å². The van der Waals surface area contributed by atoms with Crippen LogP contribution in [0.2, 0.25) is 0 Å². The van der Waals surface area contributed by atoms with E-state index in [0.29, 0.717) is 6.61 Å². The number of carbonyl (C=O) groups is 1. The van der Waals surface area contributed by atoms with Gasteiger partial charge in [0.25, 0.3) is 5.91 Å². The van der Waals surface area contributed by atoms with E-state index in [-0.39, 0.29) is 11.9 Å². The molecule has 1 amide bonds. The number of hydrogen-bond acceptors (Lipinski definition) is 3. The van der Waals surface area contributed by atoms with Gasteiger partial charge in [0.2, 0.25) is 0 Å². The first kappa shape index (κ1) is 17.9. The van der Waals surface area contributed by atoms with Gasteiger partial charge in [-0.25, -0.2) is 0 Å². The van der Waals surface area contributed by atoms with E-state index in [9.17, 15) is 4.79 Å². The molecule has 2 aromatic rings. The van der Waals surface area contributed by atoms with Gasteiger partial charge in [-0.1, -0.05) is 6.07 Å². The Kier molecular flexibility index (Phi) is 5.85. The summed E-state index contributed by atoms with van der Waals surface area (Å²) < 4.78 is 10.8. The molecule has 0 fully saturated rings. The molecule has 128 valence electrons. The van der Waals surface area contributed by atoms with Crippen LogP contribution >= 0.6 is 0 Å². The SMILES string of the molecule is COc1ccc(OCC(C)NC(=O)c2cc(C)c(C)cc2C)cc1. The van der Waals surface area contributed by atoms with Gasteiger partial charge in [0, 0.05) is 5.56 Å². The third kappa shape index (κ3) is 4.51. The van der Waals surface area contributed by atoms with E-state index in [0.717, 1.165) is 28.2 Å². The highest BCUT2D eigenvalue weighted by Gasteiger charge is 2.13. The van der Waals surface area contributed by atoms with Gasteiger partial charge in [0.15, 0.2) is 0 Å². The van der Waals surface area contributed by atoms with Crippen molar-refractivity contribution in [3.63, 3.8) is 0 Å². The van der Waals surface area contributed by atoms with Crippen molar-refractivity contribution in [2.75, 3.05) is 13.7 Å². The summed E-state index contributed by atoms with van der Waals surface area (Å²) in [5.41, 5.74) is 4.01. The van der Waals surface area contributed by atoms with Crippen molar-refractivity contribution in [2.45, 2.75) is 33.7 Å². The zero-order valence-corrected chi connectivity index (χ0v) is 15.0. The van der Waals surface area contributed by atoms with Crippen LogP contribution in [0.5, 0.6) is 11.5 Å². The number of amides is 1. The second-order valence-corrected chi connectivity index (χ2v) is 6.11. The molecule has 1 unspecified atom stereocenters. The molecule has 0 radical (unpaired) electrons. The highest BCUT2D eigenvalue weighted by molar-refractivity contribution is 5.96. The molecule has 0 spiro atoms. The highest BCUT2D eigenvalue weighted by Crippen LogP contribution is 2.18. The van der Waals surface area contributed by atoms with Crippen LogP contribution in [0.25, 0.3) is 0 Å². The molecule has 1 atom stereocenters. The van der Waals surface area contributed by atoms with E-state index in [4.69, 9.17) is 9.47 Å². The molecule has 0 saturated heterocycles. The lowest BCUT2D eigenvalue weighted by Crippen LogP contribution is -2.37. The van der Waals surface area contributed by atoms with Crippen molar-refractivity contribution in [1.82, 2.24) is 5.32 Å². The molecule has 24 heavy (non-hydrogen) atoms. The largest absolute Gasteiger partial charge is 0.497 e. The van der Waals surface area contributed by atoms with Crippen LogP contribution in [-0.4, -0.2) is 25.7 Å². The molecule has 2 aromatic carbocycles. The number of benzene rings is 2. The molecule has 0 aliphatic rings. The lowest BCUT2D eigenvalue weighted by atomic mass is 10.0. The molecule has 1 N–H and O–H groups in total. The first-order chi connectivity index (χ1) is 11.4. The monoisotopic (exact) mass is 327 g/mol. The van der Waals surface area contributed by atoms with Gasteiger partial charge in [0.05, 0.1) is 13.2 Å². The minimum atomic E-state index is -0.0967. The predicted molar refractivity (Wildman–Crippen MR) is 96.1 cm³/mol. The van der Waals surface area contributed by atoms with Crippen molar-refractivity contribution < 1.29 is 14.3 Å². The van der Waals surface area contributed by atoms with Gasteiger partial charge in [-0.3, -0.25) is 4.79 Å². The summed E-state index contributed by atoms with van der Waals surface area (Å²) in [4.78, 5) is 12.5. The summed E-state index contributed by atoms with van der Waals surface area (Å²) >= 11 is 0. The zero-order chi connectivity index (χ0) is 17.7. The van der Waals surface area contributed by atoms with Gasteiger partial charge in [-0.05, 0) is 74.7 Å². The minimum Gasteiger partial charge on any atom is -0.497 e. The summed E-state index contributed by atoms with van der Waals surface area (Å²) in [6.45, 7) is 8.36. The van der Waals surface area contributed by atoms with Crippen LogP contribution in [0.1, 0.15) is 34.0 Å². The first-order valence-corrected chi connectivity index (χ1v) is 8.06. The Hall–Kier alpha value is -2.49. The van der Waals surface area contributed by atoms with Crippen molar-refractivity contribution in [3.05, 3.63) is 58.7 Å². The van der Waals surface area contributed by atoms with Crippen LogP contribution in [0.3, 0.4) is 0 Å². The van der Waals surface area contributed by atoms with E-state index in [1.807, 2.05) is 57.2 Å². The van der Waals surface area contributed by atoms with Crippen molar-refractivity contribution in [3.8, 4) is 11.5 Å². The van der Waals surface area contributed by atoms with Crippen molar-refractivity contribution >= 4 is 5.91 Å². The minimum absolute atomic E-state index is 0.0681. The molecular weight excluding hydrogens is 302 g/mol. The maximum Gasteiger partial charge on any atom is 0.251 e. The number of aryl methyl sites for hydroxylation is 3. The predicted octanol–water partition coefficient (Wildman–Crippen LogP) is 3.82. The fourth-order valence-corrected chi connectivity index (χ4v) is 2.44. The third-order valence-corrected chi connectivity index (χ3v) is 4.02. The lowest BCUT2D eigenvalue weighted by molar-refractivity contribution is 0.0926. The second kappa shape index (κ2) is 7.86. The van der Waals surface area contributed by atoms with Gasteiger partial charge in [0.1, 0.15) is 18.1 Å². The number of ether oxygens (including phenoxy) is 2. The van der Waals surface area contributed by atoms with Gasteiger partial charge < -0.3 is 14.8 Å². The average Bonchev–Trinajstić information content (AvgIpc) is 2.56. The number of methoxy groups -OCH3 is 1. The molecule has 0 aliphatic carbocycles. The molecular formula is C20H25NO3. The van der Waals surface area contributed by atoms with E-state index in [1.165, 1.54) is 5.56 Å². The summed E-state index contributed by atoms with van der Waals surface area (Å²) in [6.07, 6.45) is 0. The summed E-state index contributed by atoms with van der Waals surface area (Å²) in [6, 6.07) is 11.3. The molecule has 2 rings (SSSR count). The summed E-state index contributed by atoms with van der Waals surface area (Å²) in [7, 11) is 1.63. The van der Waals surface area contributed by atoms with Crippen LogP contribution in [0, 0.1) is 20.8 Å². The summed E-state index contributed by atoms with van der Waals surface area (Å²) in [5.74, 6) is 1.47. The normalized spacial score (nSPS) is 11.7. The maximum absolute atomic E-state index is 12.5. The van der Waals surface area contributed by atoms with Crippen molar-refractivity contribution in [2.24, 2.45) is 0 Å². The quantitative estimate of drug-likeness (QED) is 0.877. The molecule has 0 bridgehead atoms. The number of nitrogens with one attached hydrogen (secondary N) is 1. The summed E-state index contributed by atoms with van der Waals surface area (Å²) in [5, 5.41) is 2.99. The maximum atomic E-state index is 12.5. The van der Waals surface area contributed by atoms with Crippen LogP contribution in [0.4, 0.5) is 0 Å². The first-order valence-electron chi connectivity index (χ1n) is 8.06. The Bertz CT molecular complexity index is 708. The number of rotatable bonds is 6. The molecule has 0 aromatic heterocycles. The fraction of sp³-hybridized carbons (Fsp3) is 0.350. The molecule has 0 aliphatic heterocycles. The Balaban J connectivity index is 1.92. The van der Waals surface area contributed by atoms with Gasteiger partial charge >= 0.3 is 0 Å². The Morgan fingerprint density at radius 3 is 2.21 bits per heavy atom. The third-order valence-electron chi connectivity index (χ3n) is 4.02. The molecule has 0 saturated carbocycles. The smallest absolute Gasteiger partial charge is 0.251 e. The lowest BCUT2D eigenvalue weighted by Gasteiger charge is -2.17. The van der Waals surface area contributed by atoms with Gasteiger partial charge in [-0.15, -0.1) is 0 Å². The highest BCUT2D eigenvalue weighted by atomic mass is 16.5. The Morgan fingerprint density at radius 2 is 1.58 bits per heavy atom. The Labute approximate surface area is 143 Å². The standard InChI is InChI=1S/C20H25NO3/c1-13-10-15(3)19(11-14(13)2)20(22)21-16(4)12-24-18-8-6-17(23-5)7-9-18/h6-11,16H,12H2,1-5H3,(H,21,22).